The van der Waals surface area contributed by atoms with Crippen LogP contribution in [0.25, 0.3) is 5.57 Å². The maximum absolute atomic E-state index is 9.49. The molecule has 126 valence electrons. The molecule has 0 saturated heterocycles. The topological polar surface area (TPSA) is 80.6 Å². The summed E-state index contributed by atoms with van der Waals surface area (Å²) in [7, 11) is 0. The molecular weight excluding hydrogens is 322 g/mol. The van der Waals surface area contributed by atoms with Crippen LogP contribution in [0.15, 0.2) is 65.0 Å². The van der Waals surface area contributed by atoms with Crippen molar-refractivity contribution in [2.75, 3.05) is 0 Å². The first-order chi connectivity index (χ1) is 12.5. The van der Waals surface area contributed by atoms with Crippen LogP contribution in [0.3, 0.4) is 0 Å². The summed E-state index contributed by atoms with van der Waals surface area (Å²) < 4.78 is 5.99. The lowest BCUT2D eigenvalue weighted by atomic mass is 9.86. The average Bonchev–Trinajstić information content (AvgIpc) is 2.95. The molecule has 0 N–H and O–H groups in total. The van der Waals surface area contributed by atoms with E-state index in [2.05, 4.69) is 24.3 Å². The molecule has 4 heteroatoms. The monoisotopic (exact) mass is 339 g/mol. The third-order valence-electron chi connectivity index (χ3n) is 5.01. The minimum Gasteiger partial charge on any atom is -0.475 e. The van der Waals surface area contributed by atoms with Crippen LogP contribution < -0.4 is 0 Å². The van der Waals surface area contributed by atoms with Crippen molar-refractivity contribution in [1.29, 1.82) is 15.8 Å². The van der Waals surface area contributed by atoms with Crippen LogP contribution in [0.1, 0.15) is 37.8 Å². The van der Waals surface area contributed by atoms with E-state index >= 15 is 0 Å². The zero-order chi connectivity index (χ0) is 18.7. The quantitative estimate of drug-likeness (QED) is 0.724. The van der Waals surface area contributed by atoms with Crippen LogP contribution >= 0.6 is 0 Å². The Labute approximate surface area is 153 Å². The summed E-state index contributed by atoms with van der Waals surface area (Å²) in [6, 6.07) is 13.8. The molecule has 1 unspecified atom stereocenters. The molecule has 3 rings (SSSR count). The summed E-state index contributed by atoms with van der Waals surface area (Å²) in [6.07, 6.45) is 8.40. The zero-order valence-electron chi connectivity index (χ0n) is 14.7. The molecule has 0 bridgehead atoms. The van der Waals surface area contributed by atoms with Gasteiger partial charge in [0, 0.05) is 0 Å². The van der Waals surface area contributed by atoms with Gasteiger partial charge in [-0.15, -0.1) is 0 Å². The Morgan fingerprint density at radius 1 is 1.12 bits per heavy atom. The summed E-state index contributed by atoms with van der Waals surface area (Å²) in [6.45, 7) is 3.66. The van der Waals surface area contributed by atoms with E-state index in [1.165, 1.54) is 5.57 Å². The Kier molecular flexibility index (Phi) is 4.49. The Hall–Kier alpha value is -3.55. The fourth-order valence-electron chi connectivity index (χ4n) is 3.30. The van der Waals surface area contributed by atoms with E-state index in [0.717, 1.165) is 24.0 Å². The van der Waals surface area contributed by atoms with E-state index in [1.54, 1.807) is 6.92 Å². The number of benzene rings is 1. The van der Waals surface area contributed by atoms with Crippen molar-refractivity contribution >= 4 is 5.57 Å². The van der Waals surface area contributed by atoms with Gasteiger partial charge in [0.15, 0.2) is 16.9 Å². The minimum atomic E-state index is -0.876. The summed E-state index contributed by atoms with van der Waals surface area (Å²) in [5.41, 5.74) is 3.23. The highest BCUT2D eigenvalue weighted by atomic mass is 16.5. The minimum absolute atomic E-state index is 0.0710. The van der Waals surface area contributed by atoms with Crippen molar-refractivity contribution in [2.24, 2.45) is 0 Å². The molecule has 0 radical (unpaired) electrons. The van der Waals surface area contributed by atoms with Gasteiger partial charge >= 0.3 is 0 Å². The van der Waals surface area contributed by atoms with E-state index in [4.69, 9.17) is 15.3 Å². The molecule has 1 aromatic carbocycles. The van der Waals surface area contributed by atoms with Crippen molar-refractivity contribution in [1.82, 2.24) is 0 Å². The molecule has 1 aliphatic heterocycles. The Bertz CT molecular complexity index is 985. The number of allylic oxidation sites excluding steroid dienone is 6. The molecule has 1 aromatic rings. The van der Waals surface area contributed by atoms with E-state index in [1.807, 2.05) is 43.3 Å². The van der Waals surface area contributed by atoms with E-state index in [0.29, 0.717) is 5.57 Å². The Balaban J connectivity index is 2.03. The smallest absolute Gasteiger partial charge is 0.172 e. The molecule has 0 fully saturated rings. The number of hydrogen-bond acceptors (Lipinski definition) is 4. The van der Waals surface area contributed by atoms with Crippen LogP contribution in [0.4, 0.5) is 0 Å². The van der Waals surface area contributed by atoms with Crippen molar-refractivity contribution in [3.8, 4) is 18.2 Å². The predicted octanol–water partition coefficient (Wildman–Crippen LogP) is 4.81. The molecule has 26 heavy (non-hydrogen) atoms. The number of nitrogens with zero attached hydrogens (tertiary/aromatic N) is 3. The second-order valence-corrected chi connectivity index (χ2v) is 6.41. The van der Waals surface area contributed by atoms with Gasteiger partial charge in [-0.2, -0.15) is 15.8 Å². The van der Waals surface area contributed by atoms with Gasteiger partial charge in [-0.05, 0) is 49.0 Å². The van der Waals surface area contributed by atoms with Crippen LogP contribution in [0.2, 0.25) is 0 Å². The summed E-state index contributed by atoms with van der Waals surface area (Å²) in [5.74, 6) is 0.0710. The lowest BCUT2D eigenvalue weighted by molar-refractivity contribution is 0.0728. The highest BCUT2D eigenvalue weighted by molar-refractivity contribution is 5.69. The van der Waals surface area contributed by atoms with E-state index in [-0.39, 0.29) is 16.9 Å². The summed E-state index contributed by atoms with van der Waals surface area (Å²) in [4.78, 5) is 0. The molecule has 2 aliphatic rings. The Morgan fingerprint density at radius 2 is 1.81 bits per heavy atom. The number of hydrogen-bond donors (Lipinski definition) is 0. The second-order valence-electron chi connectivity index (χ2n) is 6.41. The van der Waals surface area contributed by atoms with Crippen LogP contribution in [-0.4, -0.2) is 0 Å². The standard InChI is InChI=1S/C22H17N3O/c1-15-20(14-25)21(18(12-23)13-24)26-22(15,2)19-10-8-17(9-11-19)16-6-4-3-5-7-16/h3-4,6,8-11H,5,7H2,1-2H3. The van der Waals surface area contributed by atoms with Crippen LogP contribution in [0, 0.1) is 34.0 Å². The van der Waals surface area contributed by atoms with Crippen molar-refractivity contribution in [3.63, 3.8) is 0 Å². The van der Waals surface area contributed by atoms with Crippen molar-refractivity contribution in [2.45, 2.75) is 32.3 Å². The molecule has 0 amide bonds. The SMILES string of the molecule is CC1=C(C#N)C(=C(C#N)C#N)OC1(C)c1ccc(C2=CC=CCC2)cc1. The first kappa shape index (κ1) is 17.3. The lowest BCUT2D eigenvalue weighted by Gasteiger charge is -2.27. The van der Waals surface area contributed by atoms with Crippen LogP contribution in [-0.2, 0) is 10.3 Å². The number of ether oxygens (including phenoxy) is 1. The molecule has 0 aromatic heterocycles. The Morgan fingerprint density at radius 3 is 2.35 bits per heavy atom. The third kappa shape index (κ3) is 2.71. The molecule has 1 atom stereocenters. The van der Waals surface area contributed by atoms with Crippen molar-refractivity contribution < 1.29 is 4.74 Å². The fraction of sp³-hybridized carbons (Fsp3) is 0.227. The van der Waals surface area contributed by atoms with Gasteiger partial charge in [-0.25, -0.2) is 0 Å². The normalized spacial score (nSPS) is 21.3. The van der Waals surface area contributed by atoms with Gasteiger partial charge in [-0.1, -0.05) is 42.5 Å². The number of nitriles is 3. The van der Waals surface area contributed by atoms with Gasteiger partial charge < -0.3 is 4.74 Å². The second kappa shape index (κ2) is 6.75. The van der Waals surface area contributed by atoms with E-state index in [9.17, 15) is 5.26 Å². The largest absolute Gasteiger partial charge is 0.475 e. The first-order valence-corrected chi connectivity index (χ1v) is 8.37. The molecule has 4 nitrogen and oxygen atoms in total. The average molecular weight is 339 g/mol. The van der Waals surface area contributed by atoms with Gasteiger partial charge in [0.25, 0.3) is 0 Å². The van der Waals surface area contributed by atoms with E-state index < -0.39 is 5.60 Å². The molecule has 0 spiro atoms. The predicted molar refractivity (Wildman–Crippen MR) is 97.8 cm³/mol. The van der Waals surface area contributed by atoms with Gasteiger partial charge in [-0.3, -0.25) is 0 Å². The summed E-state index contributed by atoms with van der Waals surface area (Å²) >= 11 is 0. The lowest BCUT2D eigenvalue weighted by Crippen LogP contribution is -2.22. The van der Waals surface area contributed by atoms with Gasteiger partial charge in [0.1, 0.15) is 18.2 Å². The maximum atomic E-state index is 9.49. The molecule has 1 aliphatic carbocycles. The first-order valence-electron chi connectivity index (χ1n) is 8.37. The molecular formula is C22H17N3O. The highest BCUT2D eigenvalue weighted by Crippen LogP contribution is 2.46. The van der Waals surface area contributed by atoms with Crippen molar-refractivity contribution in [3.05, 3.63) is 76.1 Å². The molecule has 0 saturated carbocycles. The number of rotatable bonds is 2. The molecule has 1 heterocycles. The zero-order valence-corrected chi connectivity index (χ0v) is 14.7. The summed E-state index contributed by atoms with van der Waals surface area (Å²) in [5, 5.41) is 27.8. The highest BCUT2D eigenvalue weighted by Gasteiger charge is 2.42. The fourth-order valence-corrected chi connectivity index (χ4v) is 3.30. The third-order valence-corrected chi connectivity index (χ3v) is 5.01. The van der Waals surface area contributed by atoms with Gasteiger partial charge in [0.2, 0.25) is 0 Å². The maximum Gasteiger partial charge on any atom is 0.172 e. The van der Waals surface area contributed by atoms with Gasteiger partial charge in [0.05, 0.1) is 5.57 Å². The van der Waals surface area contributed by atoms with Crippen LogP contribution in [0.5, 0.6) is 0 Å².